The van der Waals surface area contributed by atoms with Crippen LogP contribution < -0.4 is 4.90 Å². The summed E-state index contributed by atoms with van der Waals surface area (Å²) in [6.07, 6.45) is 0. The van der Waals surface area contributed by atoms with E-state index in [0.717, 1.165) is 11.3 Å². The van der Waals surface area contributed by atoms with Gasteiger partial charge in [0.05, 0.1) is 11.0 Å². The fraction of sp³-hybridized carbons (Fsp3) is 0.125. The second-order valence-electron chi connectivity index (χ2n) is 5.27. The fourth-order valence-electron chi connectivity index (χ4n) is 2.41. The number of imidazole rings is 1. The van der Waals surface area contributed by atoms with E-state index < -0.39 is 0 Å². The zero-order valence-corrected chi connectivity index (χ0v) is 13.4. The summed E-state index contributed by atoms with van der Waals surface area (Å²) < 4.78 is 11.7. The average Bonchev–Trinajstić information content (AvgIpc) is 2.91. The van der Waals surface area contributed by atoms with Crippen LogP contribution in [0.4, 0.5) is 5.69 Å². The summed E-state index contributed by atoms with van der Waals surface area (Å²) >= 11 is 0.353. The second-order valence-corrected chi connectivity index (χ2v) is 5.84. The third-order valence-corrected chi connectivity index (χ3v) is 4.09. The molecule has 0 aliphatic heterocycles. The summed E-state index contributed by atoms with van der Waals surface area (Å²) in [4.78, 5) is 9.75. The van der Waals surface area contributed by atoms with Crippen LogP contribution in [0.1, 0.15) is 11.4 Å². The van der Waals surface area contributed by atoms with Gasteiger partial charge in [-0.3, -0.25) is 0 Å². The first-order valence-corrected chi connectivity index (χ1v) is 7.61. The van der Waals surface area contributed by atoms with Crippen molar-refractivity contribution in [1.29, 1.82) is 0 Å². The molecule has 0 bridgehead atoms. The van der Waals surface area contributed by atoms with Crippen LogP contribution in [-0.4, -0.2) is 43.3 Å². The number of aromatic amines is 1. The summed E-state index contributed by atoms with van der Waals surface area (Å²) in [5.41, 5.74) is 2.69. The van der Waals surface area contributed by atoms with Gasteiger partial charge >= 0.3 is 0 Å². The van der Waals surface area contributed by atoms with Gasteiger partial charge in [-0.25, -0.2) is 9.19 Å². The highest BCUT2D eigenvalue weighted by Crippen LogP contribution is 2.29. The van der Waals surface area contributed by atoms with Crippen molar-refractivity contribution in [3.63, 3.8) is 0 Å². The summed E-state index contributed by atoms with van der Waals surface area (Å²) in [6, 6.07) is 10.3. The van der Waals surface area contributed by atoms with Gasteiger partial charge in [-0.15, -0.1) is 0 Å². The predicted octanol–water partition coefficient (Wildman–Crippen LogP) is 1.82. The van der Waals surface area contributed by atoms with Crippen molar-refractivity contribution in [2.24, 2.45) is 0 Å². The molecule has 1 heterocycles. The van der Waals surface area contributed by atoms with E-state index in [1.165, 1.54) is 12.1 Å². The van der Waals surface area contributed by atoms with Crippen molar-refractivity contribution >= 4 is 32.8 Å². The standard InChI is InChI=1S/C16H15N3O3S/c1-19(2)12-6-4-3-5-9(12)15(23-22)16-17-10-7-13(20)14(21)8-11(10)18-16/h3-8,20-21H,1-2H3,(H,17,18). The van der Waals surface area contributed by atoms with E-state index in [4.69, 9.17) is 0 Å². The Kier molecular flexibility index (Phi) is 3.79. The molecule has 6 nitrogen and oxygen atoms in total. The van der Waals surface area contributed by atoms with Crippen LogP contribution in [-0.2, 0) is 11.3 Å². The first kappa shape index (κ1) is 15.1. The van der Waals surface area contributed by atoms with Gasteiger partial charge < -0.3 is 20.1 Å². The van der Waals surface area contributed by atoms with Crippen LogP contribution >= 0.6 is 0 Å². The Morgan fingerprint density at radius 1 is 1.17 bits per heavy atom. The number of phenolic OH excluding ortho intramolecular Hbond substituents is 2. The van der Waals surface area contributed by atoms with E-state index >= 15 is 0 Å². The maximum atomic E-state index is 11.7. The normalized spacial score (nSPS) is 10.7. The molecule has 118 valence electrons. The van der Waals surface area contributed by atoms with Crippen molar-refractivity contribution in [2.45, 2.75) is 0 Å². The highest BCUT2D eigenvalue weighted by Gasteiger charge is 2.17. The number of nitrogens with one attached hydrogen (secondary N) is 1. The van der Waals surface area contributed by atoms with Gasteiger partial charge in [0.15, 0.2) is 17.3 Å². The molecule has 0 saturated carbocycles. The molecule has 0 aliphatic carbocycles. The third-order valence-electron chi connectivity index (χ3n) is 3.51. The summed E-state index contributed by atoms with van der Waals surface area (Å²) in [7, 11) is 3.81. The van der Waals surface area contributed by atoms with Gasteiger partial charge in [0, 0.05) is 37.5 Å². The molecule has 0 unspecified atom stereocenters. The number of H-pyrrole nitrogens is 1. The number of aromatic hydroxyl groups is 2. The quantitative estimate of drug-likeness (QED) is 0.387. The highest BCUT2D eigenvalue weighted by molar-refractivity contribution is 7.67. The summed E-state index contributed by atoms with van der Waals surface area (Å²) in [5.74, 6) is -0.0856. The Morgan fingerprint density at radius 2 is 1.87 bits per heavy atom. The van der Waals surface area contributed by atoms with Gasteiger partial charge in [-0.1, -0.05) is 18.2 Å². The second kappa shape index (κ2) is 5.77. The van der Waals surface area contributed by atoms with Gasteiger partial charge in [0.2, 0.25) is 0 Å². The molecule has 3 aromatic rings. The number of rotatable bonds is 3. The molecule has 0 radical (unpaired) electrons. The molecule has 0 saturated heterocycles. The fourth-order valence-corrected chi connectivity index (χ4v) is 2.85. The Morgan fingerprint density at radius 3 is 2.57 bits per heavy atom. The number of anilines is 1. The van der Waals surface area contributed by atoms with Crippen molar-refractivity contribution in [2.75, 3.05) is 19.0 Å². The van der Waals surface area contributed by atoms with Crippen molar-refractivity contribution in [3.05, 3.63) is 47.8 Å². The van der Waals surface area contributed by atoms with Crippen LogP contribution in [0.15, 0.2) is 36.4 Å². The lowest BCUT2D eigenvalue weighted by Gasteiger charge is -2.16. The molecular formula is C16H15N3O3S. The molecule has 0 atom stereocenters. The molecule has 0 fully saturated rings. The highest BCUT2D eigenvalue weighted by atomic mass is 32.1. The molecule has 1 aromatic heterocycles. The van der Waals surface area contributed by atoms with E-state index in [-0.39, 0.29) is 11.5 Å². The number of fused-ring (bicyclic) bond motifs is 1. The minimum absolute atomic E-state index is 0.238. The number of para-hydroxylation sites is 1. The number of benzene rings is 2. The monoisotopic (exact) mass is 329 g/mol. The van der Waals surface area contributed by atoms with E-state index in [1.54, 1.807) is 0 Å². The number of phenols is 2. The molecule has 7 heteroatoms. The molecule has 3 N–H and O–H groups in total. The van der Waals surface area contributed by atoms with Crippen LogP contribution in [0.5, 0.6) is 11.5 Å². The van der Waals surface area contributed by atoms with Crippen molar-refractivity contribution < 1.29 is 14.4 Å². The minimum atomic E-state index is -0.249. The Balaban J connectivity index is 2.18. The Hall–Kier alpha value is -2.80. The van der Waals surface area contributed by atoms with Gasteiger partial charge in [-0.05, 0) is 6.07 Å². The Labute approximate surface area is 136 Å². The van der Waals surface area contributed by atoms with Crippen LogP contribution in [0.2, 0.25) is 0 Å². The minimum Gasteiger partial charge on any atom is -0.504 e. The molecule has 0 amide bonds. The average molecular weight is 329 g/mol. The smallest absolute Gasteiger partial charge is 0.159 e. The molecule has 0 spiro atoms. The topological polar surface area (TPSA) is 89.5 Å². The summed E-state index contributed by atoms with van der Waals surface area (Å²) in [5, 5.41) is 19.2. The van der Waals surface area contributed by atoms with Gasteiger partial charge in [0.25, 0.3) is 0 Å². The lowest BCUT2D eigenvalue weighted by atomic mass is 10.1. The van der Waals surface area contributed by atoms with Crippen molar-refractivity contribution in [1.82, 2.24) is 9.97 Å². The Bertz CT molecular complexity index is 904. The van der Waals surface area contributed by atoms with Crippen molar-refractivity contribution in [3.8, 4) is 11.5 Å². The molecular weight excluding hydrogens is 314 g/mol. The number of aromatic nitrogens is 2. The number of hydrogen-bond acceptors (Lipinski definition) is 5. The van der Waals surface area contributed by atoms with E-state index in [0.29, 0.717) is 33.0 Å². The SMILES string of the molecule is CN(C)c1ccccc1C(=S=O)c1nc2cc(O)c(O)cc2[nH]1. The summed E-state index contributed by atoms with van der Waals surface area (Å²) in [6.45, 7) is 0. The maximum Gasteiger partial charge on any atom is 0.159 e. The third kappa shape index (κ3) is 2.66. The van der Waals surface area contributed by atoms with E-state index in [2.05, 4.69) is 9.97 Å². The predicted molar refractivity (Wildman–Crippen MR) is 91.5 cm³/mol. The zero-order valence-electron chi connectivity index (χ0n) is 12.6. The lowest BCUT2D eigenvalue weighted by Crippen LogP contribution is -2.15. The van der Waals surface area contributed by atoms with Crippen LogP contribution in [0.25, 0.3) is 11.0 Å². The number of nitrogens with zero attached hydrogens (tertiary/aromatic N) is 2. The van der Waals surface area contributed by atoms with Crippen LogP contribution in [0.3, 0.4) is 0 Å². The largest absolute Gasteiger partial charge is 0.504 e. The van der Waals surface area contributed by atoms with E-state index in [1.807, 2.05) is 43.3 Å². The molecule has 23 heavy (non-hydrogen) atoms. The zero-order chi connectivity index (χ0) is 16.6. The molecule has 0 aliphatic rings. The maximum absolute atomic E-state index is 11.7. The molecule has 2 aromatic carbocycles. The lowest BCUT2D eigenvalue weighted by molar-refractivity contribution is 0.405. The van der Waals surface area contributed by atoms with Gasteiger partial charge in [-0.2, -0.15) is 0 Å². The van der Waals surface area contributed by atoms with Crippen LogP contribution in [0, 0.1) is 0 Å². The van der Waals surface area contributed by atoms with E-state index in [9.17, 15) is 14.4 Å². The first-order chi connectivity index (χ1) is 11.0. The number of hydrogen-bond donors (Lipinski definition) is 3. The molecule has 3 rings (SSSR count). The first-order valence-electron chi connectivity index (χ1n) is 6.87. The van der Waals surface area contributed by atoms with Gasteiger partial charge in [0.1, 0.15) is 16.1 Å².